The van der Waals surface area contributed by atoms with Crippen LogP contribution in [-0.4, -0.2) is 10.2 Å². The molecular weight excluding hydrogens is 452 g/mol. The molecule has 0 saturated heterocycles. The normalized spacial score (nSPS) is 13.2. The predicted molar refractivity (Wildman–Crippen MR) is 160 cm³/mol. The Bertz CT molecular complexity index is 1310. The SMILES string of the molecule is Cc1cccc(-c2cc(C(C)(C)C)c(O)cc2C(C)(C)C)c1-c1cc(C(C)(C)C)c(O)cc1C(C)(C)C. The Kier molecular flexibility index (Phi) is 7.19. The van der Waals surface area contributed by atoms with Gasteiger partial charge in [0.2, 0.25) is 0 Å². The highest BCUT2D eigenvalue weighted by Gasteiger charge is 2.30. The molecule has 0 radical (unpaired) electrons. The van der Waals surface area contributed by atoms with Crippen molar-refractivity contribution in [2.75, 3.05) is 0 Å². The summed E-state index contributed by atoms with van der Waals surface area (Å²) in [5.41, 5.74) is 9.26. The highest BCUT2D eigenvalue weighted by molar-refractivity contribution is 5.90. The number of aryl methyl sites for hydroxylation is 1. The zero-order valence-electron chi connectivity index (χ0n) is 25.4. The van der Waals surface area contributed by atoms with E-state index >= 15 is 0 Å². The largest absolute Gasteiger partial charge is 0.508 e. The number of hydrogen-bond acceptors (Lipinski definition) is 2. The highest BCUT2D eigenvalue weighted by atomic mass is 16.3. The molecule has 2 heteroatoms. The number of phenolic OH excluding ortho intramolecular Hbond substituents is 2. The molecule has 3 aromatic carbocycles. The van der Waals surface area contributed by atoms with E-state index in [1.54, 1.807) is 0 Å². The standard InChI is InChI=1S/C35H48O2/c1-21-15-14-16-22(23-17-27(34(8,9)10)29(36)19-25(23)32(2,3)4)31(21)24-18-28(35(11,12)13)30(37)20-26(24)33(5,6)7/h14-20,36-37H,1-13H3. The van der Waals surface area contributed by atoms with Gasteiger partial charge in [-0.25, -0.2) is 0 Å². The van der Waals surface area contributed by atoms with Crippen LogP contribution in [0.25, 0.3) is 22.3 Å². The van der Waals surface area contributed by atoms with E-state index in [4.69, 9.17) is 0 Å². The molecule has 2 nitrogen and oxygen atoms in total. The van der Waals surface area contributed by atoms with Crippen molar-refractivity contribution in [3.05, 3.63) is 70.3 Å². The molecule has 3 rings (SSSR count). The summed E-state index contributed by atoms with van der Waals surface area (Å²) < 4.78 is 0. The lowest BCUT2D eigenvalue weighted by Crippen LogP contribution is -2.18. The average molecular weight is 501 g/mol. The van der Waals surface area contributed by atoms with Crippen molar-refractivity contribution >= 4 is 0 Å². The van der Waals surface area contributed by atoms with Gasteiger partial charge in [0.15, 0.2) is 0 Å². The molecule has 0 atom stereocenters. The lowest BCUT2D eigenvalue weighted by atomic mass is 9.73. The van der Waals surface area contributed by atoms with Gasteiger partial charge in [0, 0.05) is 0 Å². The number of phenols is 2. The number of aromatic hydroxyl groups is 2. The van der Waals surface area contributed by atoms with Crippen molar-refractivity contribution in [3.63, 3.8) is 0 Å². The maximum atomic E-state index is 11.1. The van der Waals surface area contributed by atoms with Gasteiger partial charge < -0.3 is 10.2 Å². The third kappa shape index (κ3) is 5.74. The van der Waals surface area contributed by atoms with Crippen molar-refractivity contribution in [2.24, 2.45) is 0 Å². The van der Waals surface area contributed by atoms with Gasteiger partial charge in [-0.15, -0.1) is 0 Å². The maximum Gasteiger partial charge on any atom is 0.119 e. The molecule has 37 heavy (non-hydrogen) atoms. The summed E-state index contributed by atoms with van der Waals surface area (Å²) in [6.07, 6.45) is 0. The number of hydrogen-bond donors (Lipinski definition) is 2. The third-order valence-electron chi connectivity index (χ3n) is 7.34. The van der Waals surface area contributed by atoms with Crippen molar-refractivity contribution in [1.82, 2.24) is 0 Å². The van der Waals surface area contributed by atoms with E-state index in [0.29, 0.717) is 11.5 Å². The van der Waals surface area contributed by atoms with Crippen LogP contribution in [0.4, 0.5) is 0 Å². The van der Waals surface area contributed by atoms with Crippen LogP contribution in [0.2, 0.25) is 0 Å². The fraction of sp³-hybridized carbons (Fsp3) is 0.486. The minimum atomic E-state index is -0.202. The fourth-order valence-corrected chi connectivity index (χ4v) is 5.30. The molecule has 0 saturated carbocycles. The quantitative estimate of drug-likeness (QED) is 0.367. The first-order valence-electron chi connectivity index (χ1n) is 13.5. The van der Waals surface area contributed by atoms with E-state index in [0.717, 1.165) is 38.9 Å². The van der Waals surface area contributed by atoms with Crippen LogP contribution in [0.15, 0.2) is 42.5 Å². The lowest BCUT2D eigenvalue weighted by Gasteiger charge is -2.31. The Hall–Kier alpha value is -2.74. The Morgan fingerprint density at radius 3 is 1.24 bits per heavy atom. The van der Waals surface area contributed by atoms with E-state index in [1.807, 2.05) is 12.1 Å². The molecule has 0 heterocycles. The number of benzene rings is 3. The van der Waals surface area contributed by atoms with Crippen molar-refractivity contribution in [3.8, 4) is 33.8 Å². The second-order valence-electron chi connectivity index (χ2n) is 14.8. The van der Waals surface area contributed by atoms with Crippen LogP contribution in [0.5, 0.6) is 11.5 Å². The maximum absolute atomic E-state index is 11.1. The zero-order valence-corrected chi connectivity index (χ0v) is 25.4. The van der Waals surface area contributed by atoms with Crippen LogP contribution < -0.4 is 0 Å². The first-order chi connectivity index (χ1) is 16.6. The predicted octanol–water partition coefficient (Wildman–Crippen LogP) is 9.93. The first-order valence-corrected chi connectivity index (χ1v) is 13.5. The summed E-state index contributed by atoms with van der Waals surface area (Å²) in [4.78, 5) is 0. The van der Waals surface area contributed by atoms with Gasteiger partial charge in [-0.2, -0.15) is 0 Å². The summed E-state index contributed by atoms with van der Waals surface area (Å²) in [5.74, 6) is 0.705. The van der Waals surface area contributed by atoms with E-state index in [2.05, 4.69) is 120 Å². The van der Waals surface area contributed by atoms with Crippen LogP contribution in [0.1, 0.15) is 111 Å². The molecule has 0 aliphatic heterocycles. The lowest BCUT2D eigenvalue weighted by molar-refractivity contribution is 0.442. The van der Waals surface area contributed by atoms with E-state index in [-0.39, 0.29) is 21.7 Å². The van der Waals surface area contributed by atoms with Crippen LogP contribution in [0, 0.1) is 6.92 Å². The van der Waals surface area contributed by atoms with Crippen LogP contribution >= 0.6 is 0 Å². The number of rotatable bonds is 2. The third-order valence-corrected chi connectivity index (χ3v) is 7.34. The van der Waals surface area contributed by atoms with E-state index in [1.165, 1.54) is 11.1 Å². The minimum absolute atomic E-state index is 0.164. The Morgan fingerprint density at radius 1 is 0.459 bits per heavy atom. The fourth-order valence-electron chi connectivity index (χ4n) is 5.30. The summed E-state index contributed by atoms with van der Waals surface area (Å²) in [5, 5.41) is 22.2. The molecular formula is C35H48O2. The molecule has 0 aliphatic carbocycles. The molecule has 0 fully saturated rings. The molecule has 0 spiro atoms. The molecule has 2 N–H and O–H groups in total. The van der Waals surface area contributed by atoms with Gasteiger partial charge in [-0.3, -0.25) is 0 Å². The monoisotopic (exact) mass is 500 g/mol. The topological polar surface area (TPSA) is 40.5 Å². The molecule has 3 aromatic rings. The zero-order chi connectivity index (χ0) is 28.3. The second kappa shape index (κ2) is 9.22. The van der Waals surface area contributed by atoms with Gasteiger partial charge in [0.25, 0.3) is 0 Å². The van der Waals surface area contributed by atoms with Gasteiger partial charge in [0.05, 0.1) is 0 Å². The van der Waals surface area contributed by atoms with Crippen molar-refractivity contribution in [2.45, 2.75) is 112 Å². The van der Waals surface area contributed by atoms with Gasteiger partial charge >= 0.3 is 0 Å². The molecule has 0 aliphatic rings. The Labute approximate surface area is 225 Å². The molecule has 0 amide bonds. The van der Waals surface area contributed by atoms with Crippen molar-refractivity contribution in [1.29, 1.82) is 0 Å². The van der Waals surface area contributed by atoms with E-state index in [9.17, 15) is 10.2 Å². The Morgan fingerprint density at radius 2 is 0.838 bits per heavy atom. The molecule has 0 unspecified atom stereocenters. The van der Waals surface area contributed by atoms with Crippen LogP contribution in [-0.2, 0) is 21.7 Å². The van der Waals surface area contributed by atoms with Gasteiger partial charge in [-0.1, -0.05) is 101 Å². The van der Waals surface area contributed by atoms with Gasteiger partial charge in [-0.05, 0) is 103 Å². The van der Waals surface area contributed by atoms with Crippen LogP contribution in [0.3, 0.4) is 0 Å². The summed E-state index contributed by atoms with van der Waals surface area (Å²) in [6, 6.07) is 14.9. The van der Waals surface area contributed by atoms with Crippen molar-refractivity contribution < 1.29 is 10.2 Å². The molecule has 0 bridgehead atoms. The summed E-state index contributed by atoms with van der Waals surface area (Å²) in [6.45, 7) is 28.3. The first kappa shape index (κ1) is 28.8. The van der Waals surface area contributed by atoms with E-state index < -0.39 is 0 Å². The average Bonchev–Trinajstić information content (AvgIpc) is 2.70. The smallest absolute Gasteiger partial charge is 0.119 e. The summed E-state index contributed by atoms with van der Waals surface area (Å²) in [7, 11) is 0. The second-order valence-corrected chi connectivity index (χ2v) is 14.8. The molecule has 200 valence electrons. The molecule has 0 aromatic heterocycles. The summed E-state index contributed by atoms with van der Waals surface area (Å²) >= 11 is 0. The highest BCUT2D eigenvalue weighted by Crippen LogP contribution is 2.48. The Balaban J connectivity index is 2.56. The minimum Gasteiger partial charge on any atom is -0.508 e. The van der Waals surface area contributed by atoms with Gasteiger partial charge in [0.1, 0.15) is 11.5 Å².